The number of carbonyl (C=O) groups excluding carboxylic acids is 2. The normalized spacial score (nSPS) is 10.4. The van der Waals surface area contributed by atoms with Crippen molar-refractivity contribution in [1.82, 2.24) is 0 Å². The third kappa shape index (κ3) is 5.50. The van der Waals surface area contributed by atoms with Crippen LogP contribution in [0.5, 0.6) is 0 Å². The quantitative estimate of drug-likeness (QED) is 0.561. The fourth-order valence-corrected chi connectivity index (χ4v) is 3.86. The topological polar surface area (TPSA) is 95.5 Å². The number of nitrogens with one attached hydrogen (secondary N) is 2. The first-order chi connectivity index (χ1) is 13.0. The molecule has 1 aromatic carbocycles. The van der Waals surface area contributed by atoms with E-state index in [2.05, 4.69) is 10.6 Å². The van der Waals surface area contributed by atoms with Crippen LogP contribution >= 0.6 is 22.7 Å². The number of thiophene rings is 2. The molecular formula is C19H16N2O4S2. The highest BCUT2D eigenvalue weighted by molar-refractivity contribution is 7.10. The Morgan fingerprint density at radius 2 is 1.30 bits per heavy atom. The van der Waals surface area contributed by atoms with Crippen molar-refractivity contribution in [2.24, 2.45) is 0 Å². The van der Waals surface area contributed by atoms with Gasteiger partial charge in [-0.25, -0.2) is 4.79 Å². The number of hydrogen-bond donors (Lipinski definition) is 3. The largest absolute Gasteiger partial charge is 0.478 e. The summed E-state index contributed by atoms with van der Waals surface area (Å²) in [4.78, 5) is 37.5. The van der Waals surface area contributed by atoms with Gasteiger partial charge in [-0.3, -0.25) is 9.59 Å². The van der Waals surface area contributed by atoms with E-state index in [1.54, 1.807) is 6.07 Å². The number of carboxylic acids is 1. The van der Waals surface area contributed by atoms with Gasteiger partial charge in [-0.15, -0.1) is 22.7 Å². The maximum absolute atomic E-state index is 12.2. The molecule has 2 aromatic heterocycles. The van der Waals surface area contributed by atoms with Gasteiger partial charge >= 0.3 is 5.97 Å². The van der Waals surface area contributed by atoms with Gasteiger partial charge in [0, 0.05) is 21.1 Å². The van der Waals surface area contributed by atoms with Crippen LogP contribution in [0.4, 0.5) is 11.4 Å². The standard InChI is InChI=1S/C19H16N2O4S2/c22-17(10-15-3-1-5-26-15)20-13-7-12(19(24)25)8-14(9-13)21-18(23)11-16-4-2-6-27-16/h1-9H,10-11H2,(H,20,22)(H,21,23)(H,24,25). The molecule has 2 amide bonds. The second-order valence-corrected chi connectivity index (χ2v) is 7.78. The van der Waals surface area contributed by atoms with E-state index in [0.29, 0.717) is 11.4 Å². The van der Waals surface area contributed by atoms with Crippen LogP contribution in [0.25, 0.3) is 0 Å². The Morgan fingerprint density at radius 3 is 1.67 bits per heavy atom. The first-order valence-electron chi connectivity index (χ1n) is 8.02. The molecule has 0 aliphatic heterocycles. The minimum atomic E-state index is -1.14. The SMILES string of the molecule is O=C(Cc1cccs1)Nc1cc(NC(=O)Cc2cccs2)cc(C(=O)O)c1. The molecule has 0 spiro atoms. The van der Waals surface area contributed by atoms with Gasteiger partial charge in [0.05, 0.1) is 18.4 Å². The van der Waals surface area contributed by atoms with Gasteiger partial charge < -0.3 is 15.7 Å². The van der Waals surface area contributed by atoms with Crippen LogP contribution < -0.4 is 10.6 Å². The Labute approximate surface area is 163 Å². The molecular weight excluding hydrogens is 384 g/mol. The molecule has 2 heterocycles. The summed E-state index contributed by atoms with van der Waals surface area (Å²) in [6.45, 7) is 0. The highest BCUT2D eigenvalue weighted by Crippen LogP contribution is 2.21. The molecule has 27 heavy (non-hydrogen) atoms. The van der Waals surface area contributed by atoms with Crippen LogP contribution in [0.3, 0.4) is 0 Å². The number of aromatic carboxylic acids is 1. The van der Waals surface area contributed by atoms with Crippen molar-refractivity contribution in [2.45, 2.75) is 12.8 Å². The van der Waals surface area contributed by atoms with E-state index in [0.717, 1.165) is 9.75 Å². The van der Waals surface area contributed by atoms with E-state index in [1.807, 2.05) is 35.0 Å². The monoisotopic (exact) mass is 400 g/mol. The zero-order valence-corrected chi connectivity index (χ0v) is 15.7. The molecule has 0 bridgehead atoms. The van der Waals surface area contributed by atoms with Gasteiger partial charge in [-0.1, -0.05) is 12.1 Å². The number of hydrogen-bond acceptors (Lipinski definition) is 5. The van der Waals surface area contributed by atoms with Crippen molar-refractivity contribution in [3.05, 3.63) is 68.5 Å². The van der Waals surface area contributed by atoms with Crippen LogP contribution in [0.1, 0.15) is 20.1 Å². The third-order valence-electron chi connectivity index (χ3n) is 3.58. The summed E-state index contributed by atoms with van der Waals surface area (Å²) in [6.07, 6.45) is 0.407. The number of benzene rings is 1. The lowest BCUT2D eigenvalue weighted by Crippen LogP contribution is -2.16. The Hall–Kier alpha value is -2.97. The van der Waals surface area contributed by atoms with E-state index >= 15 is 0 Å². The molecule has 3 N–H and O–H groups in total. The van der Waals surface area contributed by atoms with Crippen LogP contribution in [0.15, 0.2) is 53.2 Å². The highest BCUT2D eigenvalue weighted by Gasteiger charge is 2.12. The Morgan fingerprint density at radius 1 is 0.815 bits per heavy atom. The first kappa shape index (κ1) is 18.8. The Balaban J connectivity index is 1.72. The van der Waals surface area contributed by atoms with Crippen molar-refractivity contribution >= 4 is 51.8 Å². The lowest BCUT2D eigenvalue weighted by Gasteiger charge is -2.10. The summed E-state index contributed by atoms with van der Waals surface area (Å²) in [5.74, 6) is -1.65. The summed E-state index contributed by atoms with van der Waals surface area (Å²) in [6, 6.07) is 11.7. The molecule has 0 unspecified atom stereocenters. The van der Waals surface area contributed by atoms with Gasteiger partial charge in [0.2, 0.25) is 11.8 Å². The number of amides is 2. The Kier molecular flexibility index (Phi) is 6.00. The van der Waals surface area contributed by atoms with Crippen LogP contribution in [0, 0.1) is 0 Å². The average Bonchev–Trinajstić information content (AvgIpc) is 3.28. The molecule has 0 saturated heterocycles. The van der Waals surface area contributed by atoms with E-state index in [9.17, 15) is 19.5 Å². The van der Waals surface area contributed by atoms with Crippen LogP contribution in [-0.4, -0.2) is 22.9 Å². The van der Waals surface area contributed by atoms with Gasteiger partial charge in [0.25, 0.3) is 0 Å². The molecule has 0 saturated carbocycles. The number of anilines is 2. The molecule has 0 radical (unpaired) electrons. The zero-order chi connectivity index (χ0) is 19.2. The fourth-order valence-electron chi connectivity index (χ4n) is 2.45. The molecule has 0 atom stereocenters. The van der Waals surface area contributed by atoms with Crippen LogP contribution in [0.2, 0.25) is 0 Å². The van der Waals surface area contributed by atoms with Gasteiger partial charge in [-0.2, -0.15) is 0 Å². The predicted molar refractivity (Wildman–Crippen MR) is 107 cm³/mol. The van der Waals surface area contributed by atoms with Gasteiger partial charge in [-0.05, 0) is 41.1 Å². The molecule has 138 valence electrons. The maximum atomic E-state index is 12.2. The minimum Gasteiger partial charge on any atom is -0.478 e. The van der Waals surface area contributed by atoms with Crippen LogP contribution in [-0.2, 0) is 22.4 Å². The number of carboxylic acid groups (broad SMARTS) is 1. The summed E-state index contributed by atoms with van der Waals surface area (Å²) in [5, 5.41) is 18.4. The van der Waals surface area contributed by atoms with Gasteiger partial charge in [0.15, 0.2) is 0 Å². The van der Waals surface area contributed by atoms with Crippen molar-refractivity contribution in [1.29, 1.82) is 0 Å². The lowest BCUT2D eigenvalue weighted by molar-refractivity contribution is -0.116. The van der Waals surface area contributed by atoms with E-state index in [4.69, 9.17) is 0 Å². The molecule has 8 heteroatoms. The molecule has 0 aliphatic rings. The number of carbonyl (C=O) groups is 3. The second-order valence-electron chi connectivity index (χ2n) is 5.71. The molecule has 0 aliphatic carbocycles. The minimum absolute atomic E-state index is 0.0182. The fraction of sp³-hybridized carbons (Fsp3) is 0.105. The second kappa shape index (κ2) is 8.61. The maximum Gasteiger partial charge on any atom is 0.335 e. The molecule has 3 aromatic rings. The first-order valence-corrected chi connectivity index (χ1v) is 9.78. The van der Waals surface area contributed by atoms with Crippen molar-refractivity contribution in [3.63, 3.8) is 0 Å². The molecule has 3 rings (SSSR count). The summed E-state index contributed by atoms with van der Waals surface area (Å²) >= 11 is 2.94. The summed E-state index contributed by atoms with van der Waals surface area (Å²) in [5.41, 5.74) is 0.626. The summed E-state index contributed by atoms with van der Waals surface area (Å²) in [7, 11) is 0. The lowest BCUT2D eigenvalue weighted by atomic mass is 10.1. The van der Waals surface area contributed by atoms with E-state index in [-0.39, 0.29) is 30.2 Å². The highest BCUT2D eigenvalue weighted by atomic mass is 32.1. The van der Waals surface area contributed by atoms with Crippen molar-refractivity contribution in [2.75, 3.05) is 10.6 Å². The summed E-state index contributed by atoms with van der Waals surface area (Å²) < 4.78 is 0. The van der Waals surface area contributed by atoms with E-state index < -0.39 is 5.97 Å². The zero-order valence-electron chi connectivity index (χ0n) is 14.1. The van der Waals surface area contributed by atoms with Crippen molar-refractivity contribution < 1.29 is 19.5 Å². The molecule has 0 fully saturated rings. The third-order valence-corrected chi connectivity index (χ3v) is 5.33. The molecule has 6 nitrogen and oxygen atoms in total. The van der Waals surface area contributed by atoms with Gasteiger partial charge in [0.1, 0.15) is 0 Å². The number of rotatable bonds is 7. The predicted octanol–water partition coefficient (Wildman–Crippen LogP) is 3.87. The average molecular weight is 400 g/mol. The Bertz CT molecular complexity index is 882. The van der Waals surface area contributed by atoms with Crippen molar-refractivity contribution in [3.8, 4) is 0 Å². The smallest absolute Gasteiger partial charge is 0.335 e. The van der Waals surface area contributed by atoms with E-state index in [1.165, 1.54) is 34.8 Å².